The smallest absolute Gasteiger partial charge is 0.177 e. The molecule has 0 atom stereocenters. The van der Waals surface area contributed by atoms with Gasteiger partial charge in [-0.3, -0.25) is 9.79 Å². The molecule has 0 saturated heterocycles. The van der Waals surface area contributed by atoms with Crippen molar-refractivity contribution in [2.75, 3.05) is 6.54 Å². The Balaban J connectivity index is 2.82. The Kier molecular flexibility index (Phi) is 2.60. The highest BCUT2D eigenvalue weighted by Crippen LogP contribution is 2.06. The van der Waals surface area contributed by atoms with Crippen molar-refractivity contribution >= 4 is 23.1 Å². The summed E-state index contributed by atoms with van der Waals surface area (Å²) in [5.41, 5.74) is 0.483. The largest absolute Gasteiger partial charge is 0.293 e. The molecule has 11 heavy (non-hydrogen) atoms. The molecular weight excluding hydrogens is 162 g/mol. The van der Waals surface area contributed by atoms with E-state index in [4.69, 9.17) is 11.6 Å². The molecule has 0 bridgehead atoms. The molecule has 0 saturated carbocycles. The lowest BCUT2D eigenvalue weighted by atomic mass is 10.2. The summed E-state index contributed by atoms with van der Waals surface area (Å²) in [7, 11) is 0. The van der Waals surface area contributed by atoms with E-state index < -0.39 is 0 Å². The lowest BCUT2D eigenvalue weighted by molar-refractivity contribution is -0.111. The van der Waals surface area contributed by atoms with Gasteiger partial charge in [0, 0.05) is 12.0 Å². The van der Waals surface area contributed by atoms with Crippen molar-refractivity contribution in [3.63, 3.8) is 0 Å². The average molecular weight is 170 g/mol. The van der Waals surface area contributed by atoms with Gasteiger partial charge in [-0.25, -0.2) is 0 Å². The predicted molar refractivity (Wildman–Crippen MR) is 46.1 cm³/mol. The maximum atomic E-state index is 10.8. The van der Waals surface area contributed by atoms with Crippen LogP contribution in [0.25, 0.3) is 0 Å². The van der Waals surface area contributed by atoms with E-state index in [0.717, 1.165) is 0 Å². The zero-order valence-electron chi connectivity index (χ0n) is 6.17. The van der Waals surface area contributed by atoms with E-state index >= 15 is 0 Å². The maximum absolute atomic E-state index is 10.8. The first kappa shape index (κ1) is 8.21. The first-order chi connectivity index (χ1) is 5.20. The molecule has 0 amide bonds. The standard InChI is InChI=1S/C8H8ClNO/c1-6(11)8-3-2-7(9)4-5-10-8/h2-4H,5H2,1H3. The average Bonchev–Trinajstić information content (AvgIpc) is 2.13. The molecular formula is C8H8ClNO. The van der Waals surface area contributed by atoms with Crippen molar-refractivity contribution in [2.24, 2.45) is 4.99 Å². The molecule has 1 aliphatic rings. The van der Waals surface area contributed by atoms with Crippen molar-refractivity contribution in [1.29, 1.82) is 0 Å². The van der Waals surface area contributed by atoms with E-state index in [9.17, 15) is 4.79 Å². The van der Waals surface area contributed by atoms with Gasteiger partial charge in [0.15, 0.2) is 5.78 Å². The maximum Gasteiger partial charge on any atom is 0.177 e. The van der Waals surface area contributed by atoms with Crippen LogP contribution in [0.1, 0.15) is 6.92 Å². The van der Waals surface area contributed by atoms with Crippen LogP contribution in [0.2, 0.25) is 0 Å². The van der Waals surface area contributed by atoms with Crippen molar-refractivity contribution in [3.8, 4) is 0 Å². The number of ketones is 1. The number of nitrogens with zero attached hydrogens (tertiary/aromatic N) is 1. The normalized spacial score (nSPS) is 16.9. The number of aliphatic imine (C=N–C) groups is 1. The van der Waals surface area contributed by atoms with E-state index in [1.54, 1.807) is 18.2 Å². The number of carbonyl (C=O) groups excluding carboxylic acids is 1. The number of halogens is 1. The highest BCUT2D eigenvalue weighted by Gasteiger charge is 2.02. The fourth-order valence-electron chi connectivity index (χ4n) is 0.739. The molecule has 0 radical (unpaired) electrons. The molecule has 1 heterocycles. The molecule has 2 nitrogen and oxygen atoms in total. The number of allylic oxidation sites excluding steroid dienone is 3. The molecule has 3 heteroatoms. The van der Waals surface area contributed by atoms with Gasteiger partial charge >= 0.3 is 0 Å². The molecule has 0 fully saturated rings. The summed E-state index contributed by atoms with van der Waals surface area (Å²) in [5.74, 6) is -0.0268. The third-order valence-electron chi connectivity index (χ3n) is 1.31. The Morgan fingerprint density at radius 2 is 2.36 bits per heavy atom. The minimum atomic E-state index is -0.0268. The molecule has 58 valence electrons. The summed E-state index contributed by atoms with van der Waals surface area (Å²) < 4.78 is 0. The molecule has 0 aliphatic carbocycles. The van der Waals surface area contributed by atoms with Crippen molar-refractivity contribution in [3.05, 3.63) is 23.3 Å². The molecule has 0 spiro atoms. The highest BCUT2D eigenvalue weighted by atomic mass is 35.5. The molecule has 1 rings (SSSR count). The monoisotopic (exact) mass is 169 g/mol. The molecule has 1 aliphatic heterocycles. The summed E-state index contributed by atoms with van der Waals surface area (Å²) in [4.78, 5) is 14.8. The second-order valence-electron chi connectivity index (χ2n) is 2.20. The van der Waals surface area contributed by atoms with E-state index in [2.05, 4.69) is 4.99 Å². The predicted octanol–water partition coefficient (Wildman–Crippen LogP) is 1.71. The van der Waals surface area contributed by atoms with E-state index in [0.29, 0.717) is 17.3 Å². The third kappa shape index (κ3) is 2.31. The Labute approximate surface area is 70.3 Å². The summed E-state index contributed by atoms with van der Waals surface area (Å²) in [6.07, 6.45) is 5.07. The van der Waals surface area contributed by atoms with Gasteiger partial charge in [-0.15, -0.1) is 0 Å². The summed E-state index contributed by atoms with van der Waals surface area (Å²) >= 11 is 5.68. The minimum absolute atomic E-state index is 0.0268. The molecule has 0 aromatic carbocycles. The molecule has 0 unspecified atom stereocenters. The summed E-state index contributed by atoms with van der Waals surface area (Å²) in [6, 6.07) is 0. The fraction of sp³-hybridized carbons (Fsp3) is 0.250. The first-order valence-corrected chi connectivity index (χ1v) is 3.67. The SMILES string of the molecule is CC(=O)C1=NCC=C(Cl)C=C1. The van der Waals surface area contributed by atoms with Gasteiger partial charge in [0.1, 0.15) is 5.71 Å². The van der Waals surface area contributed by atoms with E-state index in [-0.39, 0.29) is 5.78 Å². The minimum Gasteiger partial charge on any atom is -0.293 e. The topological polar surface area (TPSA) is 29.4 Å². The van der Waals surface area contributed by atoms with E-state index in [1.807, 2.05) is 0 Å². The van der Waals surface area contributed by atoms with Gasteiger partial charge in [0.2, 0.25) is 0 Å². The molecule has 0 aromatic rings. The molecule has 0 N–H and O–H groups in total. The Morgan fingerprint density at radius 3 is 3.00 bits per heavy atom. The van der Waals surface area contributed by atoms with Crippen LogP contribution in [0.3, 0.4) is 0 Å². The summed E-state index contributed by atoms with van der Waals surface area (Å²) in [5, 5.41) is 0.630. The van der Waals surface area contributed by atoms with Gasteiger partial charge in [-0.05, 0) is 18.2 Å². The third-order valence-corrected chi connectivity index (χ3v) is 1.59. The van der Waals surface area contributed by atoms with Crippen LogP contribution in [-0.2, 0) is 4.79 Å². The zero-order valence-corrected chi connectivity index (χ0v) is 6.93. The second-order valence-corrected chi connectivity index (χ2v) is 2.64. The van der Waals surface area contributed by atoms with Crippen LogP contribution in [0.4, 0.5) is 0 Å². The fourth-order valence-corrected chi connectivity index (χ4v) is 0.871. The summed E-state index contributed by atoms with van der Waals surface area (Å²) in [6.45, 7) is 1.98. The molecule has 0 aromatic heterocycles. The number of carbonyl (C=O) groups is 1. The van der Waals surface area contributed by atoms with Gasteiger partial charge in [0.05, 0.1) is 6.54 Å². The number of rotatable bonds is 1. The zero-order chi connectivity index (χ0) is 8.27. The Morgan fingerprint density at radius 1 is 1.64 bits per heavy atom. The van der Waals surface area contributed by atoms with Crippen LogP contribution in [0.5, 0.6) is 0 Å². The quantitative estimate of drug-likeness (QED) is 0.588. The van der Waals surface area contributed by atoms with Crippen LogP contribution in [-0.4, -0.2) is 18.0 Å². The number of hydrogen-bond donors (Lipinski definition) is 0. The van der Waals surface area contributed by atoms with Crippen molar-refractivity contribution in [1.82, 2.24) is 0 Å². The highest BCUT2D eigenvalue weighted by molar-refractivity contribution is 6.44. The number of hydrogen-bond acceptors (Lipinski definition) is 2. The van der Waals surface area contributed by atoms with Crippen LogP contribution in [0.15, 0.2) is 28.3 Å². The second kappa shape index (κ2) is 3.49. The van der Waals surface area contributed by atoms with Gasteiger partial charge < -0.3 is 0 Å². The van der Waals surface area contributed by atoms with Gasteiger partial charge in [0.25, 0.3) is 0 Å². The lowest BCUT2D eigenvalue weighted by Gasteiger charge is -1.89. The first-order valence-electron chi connectivity index (χ1n) is 3.29. The number of Topliss-reactive ketones (excluding diaryl/α,β-unsaturated/α-hetero) is 1. The Hall–Kier alpha value is -0.890. The van der Waals surface area contributed by atoms with Crippen LogP contribution >= 0.6 is 11.6 Å². The van der Waals surface area contributed by atoms with Gasteiger partial charge in [-0.2, -0.15) is 0 Å². The van der Waals surface area contributed by atoms with Crippen molar-refractivity contribution < 1.29 is 4.79 Å². The van der Waals surface area contributed by atoms with Gasteiger partial charge in [-0.1, -0.05) is 11.6 Å². The van der Waals surface area contributed by atoms with E-state index in [1.165, 1.54) is 6.92 Å². The van der Waals surface area contributed by atoms with Crippen molar-refractivity contribution in [2.45, 2.75) is 6.92 Å². The van der Waals surface area contributed by atoms with Crippen LogP contribution in [0, 0.1) is 0 Å². The van der Waals surface area contributed by atoms with Crippen LogP contribution < -0.4 is 0 Å². The lowest BCUT2D eigenvalue weighted by Crippen LogP contribution is -2.05. The Bertz CT molecular complexity index is 263.